The molecule has 1 fully saturated rings. The molecule has 124 valence electrons. The fourth-order valence-electron chi connectivity index (χ4n) is 3.13. The Kier molecular flexibility index (Phi) is 5.09. The van der Waals surface area contributed by atoms with Gasteiger partial charge in [0.05, 0.1) is 10.6 Å². The quantitative estimate of drug-likeness (QED) is 0.865. The van der Waals surface area contributed by atoms with E-state index in [2.05, 4.69) is 10.2 Å². The maximum Gasteiger partial charge on any atom is 0.417 e. The van der Waals surface area contributed by atoms with Crippen LogP contribution in [-0.2, 0) is 6.18 Å². The molecule has 0 spiro atoms. The Balaban J connectivity index is 2.48. The summed E-state index contributed by atoms with van der Waals surface area (Å²) < 4.78 is 39.4. The average Bonchev–Trinajstić information content (AvgIpc) is 2.39. The van der Waals surface area contributed by atoms with Gasteiger partial charge in [-0.25, -0.2) is 0 Å². The number of alkyl halides is 3. The molecule has 6 heteroatoms. The Morgan fingerprint density at radius 3 is 2.23 bits per heavy atom. The fourth-order valence-corrected chi connectivity index (χ4v) is 3.47. The predicted octanol–water partition coefficient (Wildman–Crippen LogP) is 4.35. The first-order valence-corrected chi connectivity index (χ1v) is 7.80. The summed E-state index contributed by atoms with van der Waals surface area (Å²) in [6.45, 7) is 9.39. The molecule has 22 heavy (non-hydrogen) atoms. The van der Waals surface area contributed by atoms with Crippen molar-refractivity contribution in [1.29, 1.82) is 0 Å². The van der Waals surface area contributed by atoms with E-state index in [1.54, 1.807) is 6.07 Å². The molecule has 1 aromatic carbocycles. The number of hydrogen-bond acceptors (Lipinski definition) is 2. The summed E-state index contributed by atoms with van der Waals surface area (Å²) in [6.07, 6.45) is -4.43. The molecule has 1 saturated heterocycles. The summed E-state index contributed by atoms with van der Waals surface area (Å²) in [5, 5.41) is 3.10. The van der Waals surface area contributed by atoms with Gasteiger partial charge in [-0.3, -0.25) is 4.90 Å². The van der Waals surface area contributed by atoms with Gasteiger partial charge < -0.3 is 5.32 Å². The molecule has 0 aromatic heterocycles. The predicted molar refractivity (Wildman–Crippen MR) is 83.1 cm³/mol. The van der Waals surface area contributed by atoms with Gasteiger partial charge in [-0.1, -0.05) is 44.5 Å². The van der Waals surface area contributed by atoms with Crippen LogP contribution < -0.4 is 5.32 Å². The lowest BCUT2D eigenvalue weighted by Gasteiger charge is -2.43. The minimum Gasteiger partial charge on any atom is -0.314 e. The standard InChI is InChI=1S/C16H22ClF3N2/c1-15(2,3)14(22-9-7-21-8-10-22)11-5-4-6-12(13(11)17)16(18,19)20/h4-6,14,21H,7-10H2,1-3H3/t14-/m0/s1. The molecule has 1 heterocycles. The van der Waals surface area contributed by atoms with E-state index in [0.717, 1.165) is 32.2 Å². The van der Waals surface area contributed by atoms with Crippen LogP contribution in [0.25, 0.3) is 0 Å². The highest BCUT2D eigenvalue weighted by Gasteiger charge is 2.38. The molecule has 0 unspecified atom stereocenters. The molecule has 0 radical (unpaired) electrons. The molecule has 1 atom stereocenters. The molecule has 1 aliphatic heterocycles. The summed E-state index contributed by atoms with van der Waals surface area (Å²) >= 11 is 6.15. The van der Waals surface area contributed by atoms with E-state index >= 15 is 0 Å². The van der Waals surface area contributed by atoms with E-state index < -0.39 is 11.7 Å². The number of rotatable bonds is 2. The van der Waals surface area contributed by atoms with Crippen molar-refractivity contribution in [2.45, 2.75) is 33.0 Å². The highest BCUT2D eigenvalue weighted by molar-refractivity contribution is 6.32. The number of nitrogens with zero attached hydrogens (tertiary/aromatic N) is 1. The Morgan fingerprint density at radius 2 is 1.73 bits per heavy atom. The van der Waals surface area contributed by atoms with E-state index in [1.807, 2.05) is 20.8 Å². The first-order valence-electron chi connectivity index (χ1n) is 7.43. The van der Waals surface area contributed by atoms with Crippen LogP contribution in [0.1, 0.15) is 37.9 Å². The molecule has 1 N–H and O–H groups in total. The minimum absolute atomic E-state index is 0.149. The third-order valence-corrected chi connectivity index (χ3v) is 4.39. The minimum atomic E-state index is -4.43. The van der Waals surface area contributed by atoms with Crippen molar-refractivity contribution in [3.8, 4) is 0 Å². The van der Waals surface area contributed by atoms with Crippen LogP contribution in [0.15, 0.2) is 18.2 Å². The number of halogens is 4. The van der Waals surface area contributed by atoms with E-state index in [0.29, 0.717) is 5.56 Å². The summed E-state index contributed by atoms with van der Waals surface area (Å²) in [5.41, 5.74) is -0.410. The first kappa shape index (κ1) is 17.6. The number of benzene rings is 1. The molecule has 2 nitrogen and oxygen atoms in total. The fraction of sp³-hybridized carbons (Fsp3) is 0.625. The van der Waals surface area contributed by atoms with E-state index in [1.165, 1.54) is 6.07 Å². The van der Waals surface area contributed by atoms with Gasteiger partial charge in [0.1, 0.15) is 0 Å². The monoisotopic (exact) mass is 334 g/mol. The van der Waals surface area contributed by atoms with Crippen LogP contribution in [0.2, 0.25) is 5.02 Å². The second kappa shape index (κ2) is 6.38. The SMILES string of the molecule is CC(C)(C)[C@H](c1cccc(C(F)(F)F)c1Cl)N1CCNCC1. The Bertz CT molecular complexity index is 517. The van der Waals surface area contributed by atoms with Gasteiger partial charge in [-0.05, 0) is 17.0 Å². The van der Waals surface area contributed by atoms with E-state index in [-0.39, 0.29) is 16.5 Å². The number of piperazine rings is 1. The van der Waals surface area contributed by atoms with Crippen LogP contribution >= 0.6 is 11.6 Å². The van der Waals surface area contributed by atoms with Crippen molar-refractivity contribution in [2.75, 3.05) is 26.2 Å². The van der Waals surface area contributed by atoms with Gasteiger partial charge in [0.2, 0.25) is 0 Å². The van der Waals surface area contributed by atoms with Crippen LogP contribution in [0.4, 0.5) is 13.2 Å². The molecular formula is C16H22ClF3N2. The van der Waals surface area contributed by atoms with Gasteiger partial charge in [-0.15, -0.1) is 0 Å². The highest BCUT2D eigenvalue weighted by Crippen LogP contribution is 2.44. The molecular weight excluding hydrogens is 313 g/mol. The molecule has 0 bridgehead atoms. The van der Waals surface area contributed by atoms with E-state index in [4.69, 9.17) is 11.6 Å². The van der Waals surface area contributed by atoms with E-state index in [9.17, 15) is 13.2 Å². The average molecular weight is 335 g/mol. The van der Waals surface area contributed by atoms with Crippen LogP contribution in [0.5, 0.6) is 0 Å². The summed E-state index contributed by atoms with van der Waals surface area (Å²) in [6, 6.07) is 4.06. The summed E-state index contributed by atoms with van der Waals surface area (Å²) in [4.78, 5) is 2.22. The van der Waals surface area contributed by atoms with Crippen molar-refractivity contribution >= 4 is 11.6 Å². The Morgan fingerprint density at radius 1 is 1.14 bits per heavy atom. The normalized spacial score (nSPS) is 19.2. The Hall–Kier alpha value is -0.780. The molecule has 0 saturated carbocycles. The third kappa shape index (κ3) is 3.76. The smallest absolute Gasteiger partial charge is 0.314 e. The third-order valence-electron chi connectivity index (χ3n) is 3.97. The molecule has 1 aromatic rings. The lowest BCUT2D eigenvalue weighted by atomic mass is 9.80. The highest BCUT2D eigenvalue weighted by atomic mass is 35.5. The zero-order chi connectivity index (χ0) is 16.5. The van der Waals surface area contributed by atoms with Crippen LogP contribution in [0, 0.1) is 5.41 Å². The van der Waals surface area contributed by atoms with Crippen molar-refractivity contribution in [1.82, 2.24) is 10.2 Å². The van der Waals surface area contributed by atoms with Crippen molar-refractivity contribution < 1.29 is 13.2 Å². The largest absolute Gasteiger partial charge is 0.417 e. The zero-order valence-electron chi connectivity index (χ0n) is 13.1. The van der Waals surface area contributed by atoms with Gasteiger partial charge in [0.15, 0.2) is 0 Å². The molecule has 1 aliphatic rings. The topological polar surface area (TPSA) is 15.3 Å². The van der Waals surface area contributed by atoms with Crippen LogP contribution in [0.3, 0.4) is 0 Å². The van der Waals surface area contributed by atoms with Gasteiger partial charge >= 0.3 is 6.18 Å². The van der Waals surface area contributed by atoms with Gasteiger partial charge in [-0.2, -0.15) is 13.2 Å². The Labute approximate surface area is 134 Å². The summed E-state index contributed by atoms with van der Waals surface area (Å²) in [5.74, 6) is 0. The summed E-state index contributed by atoms with van der Waals surface area (Å²) in [7, 11) is 0. The lowest BCUT2D eigenvalue weighted by molar-refractivity contribution is -0.137. The molecule has 0 aliphatic carbocycles. The second-order valence-electron chi connectivity index (χ2n) is 6.76. The lowest BCUT2D eigenvalue weighted by Crippen LogP contribution is -2.48. The number of hydrogen-bond donors (Lipinski definition) is 1. The maximum absolute atomic E-state index is 13.1. The second-order valence-corrected chi connectivity index (χ2v) is 7.14. The van der Waals surface area contributed by atoms with Gasteiger partial charge in [0.25, 0.3) is 0 Å². The van der Waals surface area contributed by atoms with Crippen molar-refractivity contribution in [3.63, 3.8) is 0 Å². The van der Waals surface area contributed by atoms with Crippen molar-refractivity contribution in [2.24, 2.45) is 5.41 Å². The van der Waals surface area contributed by atoms with Crippen molar-refractivity contribution in [3.05, 3.63) is 34.3 Å². The number of nitrogens with one attached hydrogen (secondary N) is 1. The maximum atomic E-state index is 13.1. The zero-order valence-corrected chi connectivity index (χ0v) is 13.9. The van der Waals surface area contributed by atoms with Gasteiger partial charge in [0, 0.05) is 32.2 Å². The molecule has 2 rings (SSSR count). The molecule has 0 amide bonds. The first-order chi connectivity index (χ1) is 10.1. The van der Waals surface area contributed by atoms with Crippen LogP contribution in [-0.4, -0.2) is 31.1 Å².